The second-order valence-electron chi connectivity index (χ2n) is 8.34. The minimum Gasteiger partial charge on any atom is -0.382 e. The van der Waals surface area contributed by atoms with Crippen LogP contribution in [-0.4, -0.2) is 40.9 Å². The Morgan fingerprint density at radius 2 is 2.00 bits per heavy atom. The van der Waals surface area contributed by atoms with Gasteiger partial charge in [0.15, 0.2) is 11.5 Å². The zero-order valence-electron chi connectivity index (χ0n) is 19.0. The van der Waals surface area contributed by atoms with E-state index < -0.39 is 11.7 Å². The van der Waals surface area contributed by atoms with Gasteiger partial charge in [0.05, 0.1) is 16.9 Å². The molecule has 2 aromatic carbocycles. The summed E-state index contributed by atoms with van der Waals surface area (Å²) in [6.45, 7) is 1.61. The smallest absolute Gasteiger partial charge is 0.274 e. The maximum Gasteiger partial charge on any atom is 0.274 e. The fourth-order valence-corrected chi connectivity index (χ4v) is 4.08. The van der Waals surface area contributed by atoms with Crippen molar-refractivity contribution in [2.24, 2.45) is 0 Å². The highest BCUT2D eigenvalue weighted by Gasteiger charge is 2.20. The van der Waals surface area contributed by atoms with Crippen LogP contribution in [0.5, 0.6) is 0 Å². The first-order chi connectivity index (χ1) is 16.9. The average molecular weight is 497 g/mol. The summed E-state index contributed by atoms with van der Waals surface area (Å²) in [5, 5.41) is 8.96. The lowest BCUT2D eigenvalue weighted by Gasteiger charge is -2.16. The van der Waals surface area contributed by atoms with Crippen LogP contribution in [0.3, 0.4) is 0 Å². The number of nitrogens with zero attached hydrogens (tertiary/aromatic N) is 2. The second-order valence-corrected chi connectivity index (χ2v) is 8.74. The van der Waals surface area contributed by atoms with E-state index in [4.69, 9.17) is 17.3 Å². The Kier molecular flexibility index (Phi) is 7.89. The van der Waals surface area contributed by atoms with Gasteiger partial charge in [-0.25, -0.2) is 14.4 Å². The molecule has 1 aliphatic rings. The van der Waals surface area contributed by atoms with Crippen molar-refractivity contribution in [2.45, 2.75) is 31.8 Å². The number of hydrogen-bond acceptors (Lipinski definition) is 6. The predicted molar refractivity (Wildman–Crippen MR) is 132 cm³/mol. The number of nitrogens with two attached hydrogens (primary N) is 1. The monoisotopic (exact) mass is 496 g/mol. The molecule has 0 aliphatic carbocycles. The number of halogens is 2. The third kappa shape index (κ3) is 6.12. The number of hydrogen-bond donors (Lipinski definition) is 4. The summed E-state index contributed by atoms with van der Waals surface area (Å²) in [6, 6.07) is 11.3. The number of amides is 2. The Bertz CT molecular complexity index is 1230. The Hall–Kier alpha value is -3.56. The highest BCUT2D eigenvalue weighted by Crippen LogP contribution is 2.21. The van der Waals surface area contributed by atoms with Gasteiger partial charge in [-0.2, -0.15) is 0 Å². The molecule has 4 rings (SSSR count). The number of benzene rings is 2. The number of rotatable bonds is 6. The second kappa shape index (κ2) is 11.2. The topological polar surface area (TPSA) is 122 Å². The molecule has 1 unspecified atom stereocenters. The van der Waals surface area contributed by atoms with E-state index in [2.05, 4.69) is 25.9 Å². The number of nitrogens with one attached hydrogen (secondary N) is 3. The molecule has 1 saturated heterocycles. The van der Waals surface area contributed by atoms with Gasteiger partial charge in [-0.05, 0) is 37.6 Å². The number of carbonyl (C=O) groups excluding carboxylic acids is 2. The summed E-state index contributed by atoms with van der Waals surface area (Å²) in [4.78, 5) is 34.1. The Balaban J connectivity index is 1.49. The lowest BCUT2D eigenvalue weighted by atomic mass is 10.1. The van der Waals surface area contributed by atoms with Gasteiger partial charge in [0, 0.05) is 35.8 Å². The van der Waals surface area contributed by atoms with E-state index >= 15 is 0 Å². The molecule has 2 heterocycles. The van der Waals surface area contributed by atoms with Gasteiger partial charge in [0.25, 0.3) is 11.8 Å². The van der Waals surface area contributed by atoms with Crippen LogP contribution in [0, 0.1) is 5.82 Å². The van der Waals surface area contributed by atoms with Gasteiger partial charge >= 0.3 is 0 Å². The van der Waals surface area contributed by atoms with Crippen LogP contribution < -0.4 is 21.7 Å². The highest BCUT2D eigenvalue weighted by atomic mass is 35.5. The molecule has 1 aromatic heterocycles. The molecule has 3 aromatic rings. The van der Waals surface area contributed by atoms with Crippen LogP contribution in [0.15, 0.2) is 48.7 Å². The van der Waals surface area contributed by atoms with Crippen molar-refractivity contribution in [2.75, 3.05) is 18.8 Å². The molecular formula is C25H26ClFN6O2. The van der Waals surface area contributed by atoms with Crippen LogP contribution in [0.25, 0.3) is 11.3 Å². The number of nitrogen functional groups attached to an aromatic ring is 1. The molecule has 0 spiro atoms. The third-order valence-corrected chi connectivity index (χ3v) is 6.08. The maximum absolute atomic E-state index is 14.1. The third-order valence-electron chi connectivity index (χ3n) is 5.79. The van der Waals surface area contributed by atoms with Crippen LogP contribution in [0.1, 0.15) is 45.7 Å². The molecule has 182 valence electrons. The van der Waals surface area contributed by atoms with Crippen molar-refractivity contribution in [1.29, 1.82) is 0 Å². The van der Waals surface area contributed by atoms with Crippen LogP contribution in [-0.2, 0) is 6.54 Å². The Morgan fingerprint density at radius 3 is 2.86 bits per heavy atom. The van der Waals surface area contributed by atoms with Crippen molar-refractivity contribution < 1.29 is 14.0 Å². The van der Waals surface area contributed by atoms with Crippen molar-refractivity contribution in [1.82, 2.24) is 25.9 Å². The average Bonchev–Trinajstić information content (AvgIpc) is 3.13. The molecule has 1 atom stereocenters. The van der Waals surface area contributed by atoms with E-state index in [9.17, 15) is 14.0 Å². The fourth-order valence-electron chi connectivity index (χ4n) is 3.88. The molecular weight excluding hydrogens is 471 g/mol. The molecule has 0 radical (unpaired) electrons. The fraction of sp³-hybridized carbons (Fsp3) is 0.280. The SMILES string of the molecule is Nc1ncc(-c2cccc(C(=O)NCc3cccc(Cl)c3F)c2)nc1C(=O)NC1CCCCNC1. The first-order valence-corrected chi connectivity index (χ1v) is 11.8. The van der Waals surface area contributed by atoms with Gasteiger partial charge in [-0.1, -0.05) is 42.3 Å². The standard InChI is InChI=1S/C25H26ClFN6O2/c26-19-9-4-7-17(21(19)27)12-31-24(34)16-6-3-5-15(11-16)20-14-30-23(28)22(33-20)25(35)32-18-8-1-2-10-29-13-18/h3-7,9,11,14,18,29H,1-2,8,10,12-13H2,(H2,28,30)(H,31,34)(H,32,35). The zero-order valence-corrected chi connectivity index (χ0v) is 19.7. The molecule has 0 saturated carbocycles. The Labute approximate surface area is 207 Å². The summed E-state index contributed by atoms with van der Waals surface area (Å²) in [7, 11) is 0. The predicted octanol–water partition coefficient (Wildman–Crippen LogP) is 3.32. The summed E-state index contributed by atoms with van der Waals surface area (Å²) < 4.78 is 14.1. The zero-order chi connectivity index (χ0) is 24.8. The minimum atomic E-state index is -0.564. The largest absolute Gasteiger partial charge is 0.382 e. The molecule has 35 heavy (non-hydrogen) atoms. The highest BCUT2D eigenvalue weighted by molar-refractivity contribution is 6.30. The number of anilines is 1. The van der Waals surface area contributed by atoms with Gasteiger partial charge in [0.2, 0.25) is 0 Å². The molecule has 5 N–H and O–H groups in total. The maximum atomic E-state index is 14.1. The first kappa shape index (κ1) is 24.6. The molecule has 1 aliphatic heterocycles. The lowest BCUT2D eigenvalue weighted by molar-refractivity contribution is 0.0928. The van der Waals surface area contributed by atoms with Crippen molar-refractivity contribution >= 4 is 29.2 Å². The van der Waals surface area contributed by atoms with Crippen LogP contribution in [0.2, 0.25) is 5.02 Å². The van der Waals surface area contributed by atoms with Crippen LogP contribution in [0.4, 0.5) is 10.2 Å². The van der Waals surface area contributed by atoms with Gasteiger partial charge < -0.3 is 21.7 Å². The van der Waals surface area contributed by atoms with E-state index in [0.29, 0.717) is 23.4 Å². The first-order valence-electron chi connectivity index (χ1n) is 11.4. The molecule has 1 fully saturated rings. The van der Waals surface area contributed by atoms with E-state index in [1.807, 2.05) is 0 Å². The van der Waals surface area contributed by atoms with E-state index in [1.165, 1.54) is 12.3 Å². The van der Waals surface area contributed by atoms with Crippen LogP contribution >= 0.6 is 11.6 Å². The van der Waals surface area contributed by atoms with Crippen molar-refractivity contribution in [3.8, 4) is 11.3 Å². The van der Waals surface area contributed by atoms with Crippen molar-refractivity contribution in [3.05, 3.63) is 76.3 Å². The summed E-state index contributed by atoms with van der Waals surface area (Å²) in [5.74, 6) is -1.31. The Morgan fingerprint density at radius 1 is 1.17 bits per heavy atom. The van der Waals surface area contributed by atoms with Gasteiger partial charge in [0.1, 0.15) is 5.82 Å². The van der Waals surface area contributed by atoms with Gasteiger partial charge in [-0.3, -0.25) is 9.59 Å². The lowest BCUT2D eigenvalue weighted by Crippen LogP contribution is -2.41. The molecule has 0 bridgehead atoms. The summed E-state index contributed by atoms with van der Waals surface area (Å²) in [6.07, 6.45) is 4.43. The van der Waals surface area contributed by atoms with E-state index in [0.717, 1.165) is 25.8 Å². The number of carbonyl (C=O) groups is 2. The van der Waals surface area contributed by atoms with Crippen molar-refractivity contribution in [3.63, 3.8) is 0 Å². The molecule has 2 amide bonds. The normalized spacial score (nSPS) is 15.8. The van der Waals surface area contributed by atoms with Gasteiger partial charge in [-0.15, -0.1) is 0 Å². The van der Waals surface area contributed by atoms with E-state index in [1.54, 1.807) is 36.4 Å². The summed E-state index contributed by atoms with van der Waals surface area (Å²) >= 11 is 5.80. The van der Waals surface area contributed by atoms with E-state index in [-0.39, 0.29) is 40.6 Å². The molecule has 10 heteroatoms. The quantitative estimate of drug-likeness (QED) is 0.415. The minimum absolute atomic E-state index is 0.00387. The molecule has 8 nitrogen and oxygen atoms in total. The summed E-state index contributed by atoms with van der Waals surface area (Å²) in [5.41, 5.74) is 7.60. The number of aromatic nitrogens is 2.